The summed E-state index contributed by atoms with van der Waals surface area (Å²) in [4.78, 5) is 11.4. The lowest BCUT2D eigenvalue weighted by atomic mass is 10.2. The fourth-order valence-corrected chi connectivity index (χ4v) is 2.81. The van der Waals surface area contributed by atoms with E-state index in [0.29, 0.717) is 37.8 Å². The van der Waals surface area contributed by atoms with Gasteiger partial charge in [-0.15, -0.1) is 0 Å². The molecule has 128 valence electrons. The number of alkyl halides is 3. The van der Waals surface area contributed by atoms with E-state index in [0.717, 1.165) is 6.07 Å². The molecule has 3 rings (SSSR count). The van der Waals surface area contributed by atoms with Gasteiger partial charge in [0.05, 0.1) is 5.56 Å². The topological polar surface area (TPSA) is 32.3 Å². The third kappa shape index (κ3) is 3.53. The second-order valence-electron chi connectivity index (χ2n) is 5.30. The fourth-order valence-electron chi connectivity index (χ4n) is 2.55. The molecule has 2 aromatic heterocycles. The van der Waals surface area contributed by atoms with Crippen LogP contribution in [0.5, 0.6) is 0 Å². The van der Waals surface area contributed by atoms with Crippen LogP contribution in [0.2, 0.25) is 5.15 Å². The van der Waals surface area contributed by atoms with Crippen LogP contribution in [0.15, 0.2) is 30.3 Å². The molecule has 0 amide bonds. The third-order valence-electron chi connectivity index (χ3n) is 3.77. The zero-order valence-corrected chi connectivity index (χ0v) is 13.1. The van der Waals surface area contributed by atoms with Crippen LogP contribution in [0, 0.1) is 5.95 Å². The molecule has 1 saturated heterocycles. The van der Waals surface area contributed by atoms with Gasteiger partial charge < -0.3 is 9.80 Å². The maximum absolute atomic E-state index is 13.2. The summed E-state index contributed by atoms with van der Waals surface area (Å²) in [7, 11) is 0. The molecule has 0 spiro atoms. The summed E-state index contributed by atoms with van der Waals surface area (Å²) in [6, 6.07) is 6.82. The highest BCUT2D eigenvalue weighted by Gasteiger charge is 2.34. The maximum atomic E-state index is 13.2. The predicted octanol–water partition coefficient (Wildman–Crippen LogP) is 3.61. The van der Waals surface area contributed by atoms with Crippen LogP contribution in [0.4, 0.5) is 29.2 Å². The van der Waals surface area contributed by atoms with Crippen LogP contribution in [0.1, 0.15) is 5.56 Å². The minimum atomic E-state index is -4.52. The summed E-state index contributed by atoms with van der Waals surface area (Å²) in [5, 5.41) is -0.561. The number of hydrogen-bond donors (Lipinski definition) is 0. The Bertz CT molecular complexity index is 730. The Morgan fingerprint density at radius 3 is 1.96 bits per heavy atom. The molecule has 2 aromatic rings. The van der Waals surface area contributed by atoms with Crippen LogP contribution < -0.4 is 9.80 Å². The van der Waals surface area contributed by atoms with Crippen LogP contribution in [-0.2, 0) is 6.18 Å². The summed E-state index contributed by atoms with van der Waals surface area (Å²) in [6.45, 7) is 2.15. The molecule has 0 radical (unpaired) electrons. The van der Waals surface area contributed by atoms with Crippen molar-refractivity contribution in [3.8, 4) is 0 Å². The first-order valence-electron chi connectivity index (χ1n) is 7.21. The Kier molecular flexibility index (Phi) is 4.49. The first-order valence-corrected chi connectivity index (χ1v) is 7.58. The molecule has 0 N–H and O–H groups in total. The normalized spacial score (nSPS) is 15.7. The number of aromatic nitrogens is 2. The minimum absolute atomic E-state index is 0.389. The molecule has 0 saturated carbocycles. The Hall–Kier alpha value is -2.09. The molecule has 4 nitrogen and oxygen atoms in total. The van der Waals surface area contributed by atoms with Crippen LogP contribution >= 0.6 is 11.6 Å². The first-order chi connectivity index (χ1) is 11.3. The van der Waals surface area contributed by atoms with E-state index in [4.69, 9.17) is 11.6 Å². The lowest BCUT2D eigenvalue weighted by Gasteiger charge is -2.36. The molecule has 0 bridgehead atoms. The van der Waals surface area contributed by atoms with Gasteiger partial charge in [0.1, 0.15) is 16.8 Å². The smallest absolute Gasteiger partial charge is 0.353 e. The third-order valence-corrected chi connectivity index (χ3v) is 4.06. The predicted molar refractivity (Wildman–Crippen MR) is 82.9 cm³/mol. The van der Waals surface area contributed by atoms with Gasteiger partial charge in [-0.2, -0.15) is 17.6 Å². The average molecular weight is 361 g/mol. The average Bonchev–Trinajstić information content (AvgIpc) is 2.54. The first kappa shape index (κ1) is 16.8. The van der Waals surface area contributed by atoms with Gasteiger partial charge in [0.2, 0.25) is 5.95 Å². The van der Waals surface area contributed by atoms with Crippen molar-refractivity contribution in [3.05, 3.63) is 47.0 Å². The highest BCUT2D eigenvalue weighted by Crippen LogP contribution is 2.34. The summed E-state index contributed by atoms with van der Waals surface area (Å²) < 4.78 is 51.3. The van der Waals surface area contributed by atoms with Gasteiger partial charge >= 0.3 is 6.18 Å². The van der Waals surface area contributed by atoms with Crippen molar-refractivity contribution in [1.29, 1.82) is 0 Å². The molecule has 0 unspecified atom stereocenters. The number of anilines is 2. The molecular formula is C15H13ClF4N4. The number of piperazine rings is 1. The van der Waals surface area contributed by atoms with Crippen LogP contribution in [-0.4, -0.2) is 36.1 Å². The number of nitrogens with zero attached hydrogens (tertiary/aromatic N) is 4. The monoisotopic (exact) mass is 360 g/mol. The Balaban J connectivity index is 1.70. The minimum Gasteiger partial charge on any atom is -0.353 e. The van der Waals surface area contributed by atoms with E-state index >= 15 is 0 Å². The number of hydrogen-bond acceptors (Lipinski definition) is 4. The SMILES string of the molecule is Fc1cccc(N2CCN(c3ccc(C(F)(F)F)c(Cl)n3)CC2)n1. The van der Waals surface area contributed by atoms with Crippen molar-refractivity contribution in [3.63, 3.8) is 0 Å². The molecular weight excluding hydrogens is 348 g/mol. The van der Waals surface area contributed by atoms with E-state index in [-0.39, 0.29) is 0 Å². The van der Waals surface area contributed by atoms with Crippen molar-refractivity contribution < 1.29 is 17.6 Å². The van der Waals surface area contributed by atoms with Crippen molar-refractivity contribution in [2.24, 2.45) is 0 Å². The van der Waals surface area contributed by atoms with Gasteiger partial charge in [-0.3, -0.25) is 0 Å². The highest BCUT2D eigenvalue weighted by atomic mass is 35.5. The van der Waals surface area contributed by atoms with Crippen LogP contribution in [0.25, 0.3) is 0 Å². The number of halogens is 5. The van der Waals surface area contributed by atoms with E-state index < -0.39 is 22.8 Å². The molecule has 0 aliphatic carbocycles. The van der Waals surface area contributed by atoms with Gasteiger partial charge in [-0.1, -0.05) is 17.7 Å². The molecule has 1 fully saturated rings. The number of rotatable bonds is 2. The zero-order valence-electron chi connectivity index (χ0n) is 12.4. The zero-order chi connectivity index (χ0) is 17.3. The fraction of sp³-hybridized carbons (Fsp3) is 0.333. The van der Waals surface area contributed by atoms with E-state index in [1.807, 2.05) is 9.80 Å². The molecule has 0 aromatic carbocycles. The van der Waals surface area contributed by atoms with Crippen molar-refractivity contribution in [2.45, 2.75) is 6.18 Å². The largest absolute Gasteiger partial charge is 0.419 e. The molecule has 24 heavy (non-hydrogen) atoms. The molecule has 1 aliphatic heterocycles. The quantitative estimate of drug-likeness (QED) is 0.605. The van der Waals surface area contributed by atoms with Gasteiger partial charge in [-0.25, -0.2) is 9.97 Å². The summed E-state index contributed by atoms with van der Waals surface area (Å²) in [5.74, 6) is 0.374. The van der Waals surface area contributed by atoms with Crippen molar-refractivity contribution in [1.82, 2.24) is 9.97 Å². The van der Waals surface area contributed by atoms with E-state index in [2.05, 4.69) is 9.97 Å². The lowest BCUT2D eigenvalue weighted by Crippen LogP contribution is -2.47. The second kappa shape index (κ2) is 6.43. The van der Waals surface area contributed by atoms with Crippen LogP contribution in [0.3, 0.4) is 0 Å². The molecule has 1 aliphatic rings. The summed E-state index contributed by atoms with van der Waals surface area (Å²) in [5.41, 5.74) is -0.949. The van der Waals surface area contributed by atoms with Gasteiger partial charge in [-0.05, 0) is 24.3 Å². The van der Waals surface area contributed by atoms with E-state index in [1.165, 1.54) is 12.1 Å². The molecule has 3 heterocycles. The standard InChI is InChI=1S/C15H13ClF4N4/c16-14-10(15(18,19)20)4-5-13(22-14)24-8-6-23(7-9-24)12-3-1-2-11(17)21-12/h1-5H,6-9H2. The lowest BCUT2D eigenvalue weighted by molar-refractivity contribution is -0.137. The molecule has 9 heteroatoms. The van der Waals surface area contributed by atoms with Crippen molar-refractivity contribution >= 4 is 23.2 Å². The summed E-state index contributed by atoms with van der Waals surface area (Å²) >= 11 is 5.66. The van der Waals surface area contributed by atoms with E-state index in [1.54, 1.807) is 12.1 Å². The van der Waals surface area contributed by atoms with E-state index in [9.17, 15) is 17.6 Å². The molecule has 0 atom stereocenters. The summed E-state index contributed by atoms with van der Waals surface area (Å²) in [6.07, 6.45) is -4.52. The number of pyridine rings is 2. The Labute approximate surface area is 140 Å². The Morgan fingerprint density at radius 2 is 1.46 bits per heavy atom. The maximum Gasteiger partial charge on any atom is 0.419 e. The Morgan fingerprint density at radius 1 is 0.875 bits per heavy atom. The van der Waals surface area contributed by atoms with Gasteiger partial charge in [0.25, 0.3) is 0 Å². The van der Waals surface area contributed by atoms with Gasteiger partial charge in [0.15, 0.2) is 0 Å². The van der Waals surface area contributed by atoms with Crippen molar-refractivity contribution in [2.75, 3.05) is 36.0 Å². The highest BCUT2D eigenvalue weighted by molar-refractivity contribution is 6.30. The second-order valence-corrected chi connectivity index (χ2v) is 5.66. The van der Waals surface area contributed by atoms with Gasteiger partial charge in [0, 0.05) is 26.2 Å².